The summed E-state index contributed by atoms with van der Waals surface area (Å²) in [4.78, 5) is 29.0. The summed E-state index contributed by atoms with van der Waals surface area (Å²) in [7, 11) is 1.61. The number of amides is 1. The summed E-state index contributed by atoms with van der Waals surface area (Å²) in [6, 6.07) is 21.7. The third-order valence-corrected chi connectivity index (χ3v) is 6.52. The number of rotatable bonds is 8. The Balaban J connectivity index is 1.59. The van der Waals surface area contributed by atoms with Crippen LogP contribution < -0.4 is 14.9 Å². The zero-order valence-electron chi connectivity index (χ0n) is 20.7. The van der Waals surface area contributed by atoms with Gasteiger partial charge in [-0.05, 0) is 59.9 Å². The average Bonchev–Trinajstić information content (AvgIpc) is 3.16. The summed E-state index contributed by atoms with van der Waals surface area (Å²) in [6.45, 7) is 5.22. The molecule has 36 heavy (non-hydrogen) atoms. The summed E-state index contributed by atoms with van der Waals surface area (Å²) in [6.07, 6.45) is 0.939. The molecule has 0 N–H and O–H groups in total. The summed E-state index contributed by atoms with van der Waals surface area (Å²) in [5, 5.41) is 0.463. The van der Waals surface area contributed by atoms with E-state index >= 15 is 0 Å². The number of para-hydroxylation sites is 1. The van der Waals surface area contributed by atoms with Crippen LogP contribution in [0.4, 0.5) is 0 Å². The van der Waals surface area contributed by atoms with Crippen molar-refractivity contribution < 1.29 is 18.7 Å². The van der Waals surface area contributed by atoms with E-state index in [2.05, 4.69) is 13.8 Å². The molecule has 1 atom stereocenters. The highest BCUT2D eigenvalue weighted by molar-refractivity contribution is 5.99. The molecule has 1 amide bonds. The molecule has 1 aliphatic heterocycles. The Morgan fingerprint density at radius 2 is 1.72 bits per heavy atom. The molecule has 6 heteroatoms. The Labute approximate surface area is 210 Å². The van der Waals surface area contributed by atoms with E-state index in [9.17, 15) is 9.59 Å². The first-order valence-electron chi connectivity index (χ1n) is 12.2. The van der Waals surface area contributed by atoms with Crippen LogP contribution in [0.5, 0.6) is 11.5 Å². The summed E-state index contributed by atoms with van der Waals surface area (Å²) < 4.78 is 17.3. The number of hydrogen-bond donors (Lipinski definition) is 0. The van der Waals surface area contributed by atoms with Crippen molar-refractivity contribution >= 4 is 16.9 Å². The molecule has 4 aromatic rings. The monoisotopic (exact) mass is 483 g/mol. The topological polar surface area (TPSA) is 69.0 Å². The molecule has 0 saturated heterocycles. The van der Waals surface area contributed by atoms with Crippen LogP contribution in [0.2, 0.25) is 0 Å². The minimum atomic E-state index is -0.593. The number of carbonyl (C=O) groups is 1. The van der Waals surface area contributed by atoms with Crippen molar-refractivity contribution in [2.75, 3.05) is 13.7 Å². The van der Waals surface area contributed by atoms with Gasteiger partial charge in [0.05, 0.1) is 30.7 Å². The molecule has 0 aliphatic carbocycles. The van der Waals surface area contributed by atoms with E-state index < -0.39 is 6.04 Å². The van der Waals surface area contributed by atoms with Gasteiger partial charge in [-0.1, -0.05) is 50.2 Å². The van der Waals surface area contributed by atoms with E-state index in [1.165, 1.54) is 0 Å². The molecule has 5 rings (SSSR count). The predicted octanol–water partition coefficient (Wildman–Crippen LogP) is 5.97. The zero-order valence-corrected chi connectivity index (χ0v) is 20.7. The van der Waals surface area contributed by atoms with Gasteiger partial charge < -0.3 is 18.8 Å². The zero-order chi connectivity index (χ0) is 25.2. The second-order valence-electron chi connectivity index (χ2n) is 9.46. The van der Waals surface area contributed by atoms with Crippen molar-refractivity contribution in [1.29, 1.82) is 0 Å². The van der Waals surface area contributed by atoms with Crippen molar-refractivity contribution in [1.82, 2.24) is 4.90 Å². The van der Waals surface area contributed by atoms with Gasteiger partial charge >= 0.3 is 0 Å². The molecule has 1 aliphatic rings. The fraction of sp³-hybridized carbons (Fsp3) is 0.267. The highest BCUT2D eigenvalue weighted by Crippen LogP contribution is 2.40. The molecule has 0 spiro atoms. The maximum Gasteiger partial charge on any atom is 0.291 e. The molecule has 6 nitrogen and oxygen atoms in total. The van der Waals surface area contributed by atoms with E-state index in [-0.39, 0.29) is 17.1 Å². The van der Waals surface area contributed by atoms with Gasteiger partial charge in [-0.3, -0.25) is 9.59 Å². The molecule has 1 unspecified atom stereocenters. The van der Waals surface area contributed by atoms with Gasteiger partial charge in [-0.25, -0.2) is 0 Å². The van der Waals surface area contributed by atoms with Gasteiger partial charge in [-0.2, -0.15) is 0 Å². The lowest BCUT2D eigenvalue weighted by atomic mass is 9.98. The average molecular weight is 484 g/mol. The fourth-order valence-electron chi connectivity index (χ4n) is 4.59. The van der Waals surface area contributed by atoms with Gasteiger partial charge in [0.2, 0.25) is 5.76 Å². The summed E-state index contributed by atoms with van der Waals surface area (Å²) in [5.41, 5.74) is 2.31. The number of hydrogen-bond acceptors (Lipinski definition) is 5. The summed E-state index contributed by atoms with van der Waals surface area (Å²) in [5.74, 6) is 1.78. The first-order chi connectivity index (χ1) is 17.5. The van der Waals surface area contributed by atoms with Crippen LogP contribution in [-0.2, 0) is 6.54 Å². The minimum Gasteiger partial charge on any atom is -0.497 e. The van der Waals surface area contributed by atoms with E-state index in [0.29, 0.717) is 41.4 Å². The highest BCUT2D eigenvalue weighted by Gasteiger charge is 2.42. The van der Waals surface area contributed by atoms with Crippen molar-refractivity contribution in [3.8, 4) is 11.5 Å². The van der Waals surface area contributed by atoms with Crippen molar-refractivity contribution in [3.63, 3.8) is 0 Å². The molecule has 1 aromatic heterocycles. The number of nitrogens with zero attached hydrogens (tertiary/aromatic N) is 1. The van der Waals surface area contributed by atoms with E-state index in [1.807, 2.05) is 48.5 Å². The molecule has 0 bridgehead atoms. The Morgan fingerprint density at radius 3 is 2.47 bits per heavy atom. The van der Waals surface area contributed by atoms with Crippen LogP contribution in [0.15, 0.2) is 82.0 Å². The van der Waals surface area contributed by atoms with Crippen molar-refractivity contribution in [2.24, 2.45) is 5.92 Å². The largest absolute Gasteiger partial charge is 0.497 e. The molecular weight excluding hydrogens is 454 g/mol. The van der Waals surface area contributed by atoms with Crippen LogP contribution in [-0.4, -0.2) is 24.5 Å². The smallest absolute Gasteiger partial charge is 0.291 e. The van der Waals surface area contributed by atoms with Gasteiger partial charge in [0.25, 0.3) is 5.91 Å². The lowest BCUT2D eigenvalue weighted by Crippen LogP contribution is -2.29. The van der Waals surface area contributed by atoms with Gasteiger partial charge in [0.15, 0.2) is 5.43 Å². The minimum absolute atomic E-state index is 0.100. The maximum atomic E-state index is 13.7. The lowest BCUT2D eigenvalue weighted by molar-refractivity contribution is 0.0714. The molecule has 0 radical (unpaired) electrons. The Kier molecular flexibility index (Phi) is 6.51. The highest BCUT2D eigenvalue weighted by atomic mass is 16.5. The molecule has 184 valence electrons. The first kappa shape index (κ1) is 23.7. The number of methoxy groups -OCH3 is 1. The number of carbonyl (C=O) groups excluding carboxylic acids is 1. The third-order valence-electron chi connectivity index (χ3n) is 6.52. The Morgan fingerprint density at radius 1 is 0.944 bits per heavy atom. The normalized spacial score (nSPS) is 14.9. The van der Waals surface area contributed by atoms with Crippen LogP contribution in [0, 0.1) is 5.92 Å². The second-order valence-corrected chi connectivity index (χ2v) is 9.46. The third kappa shape index (κ3) is 4.47. The van der Waals surface area contributed by atoms with Crippen molar-refractivity contribution in [2.45, 2.75) is 32.9 Å². The SMILES string of the molecule is COc1ccc(CN2C(=O)c3oc4ccccc4c(=O)c3C2c2cccc(OCCC(C)C)c2)cc1. The van der Waals surface area contributed by atoms with Crippen LogP contribution in [0.3, 0.4) is 0 Å². The van der Waals surface area contributed by atoms with Crippen LogP contribution in [0.1, 0.15) is 53.6 Å². The Bertz CT molecular complexity index is 1450. The summed E-state index contributed by atoms with van der Waals surface area (Å²) >= 11 is 0. The van der Waals surface area contributed by atoms with Gasteiger partial charge in [0, 0.05) is 6.54 Å². The van der Waals surface area contributed by atoms with E-state index in [1.54, 1.807) is 36.3 Å². The van der Waals surface area contributed by atoms with Gasteiger partial charge in [-0.15, -0.1) is 0 Å². The second kappa shape index (κ2) is 9.90. The molecule has 3 aromatic carbocycles. The predicted molar refractivity (Wildman–Crippen MR) is 139 cm³/mol. The molecular formula is C30H29NO5. The van der Waals surface area contributed by atoms with Crippen molar-refractivity contribution in [3.05, 3.63) is 105 Å². The standard InChI is InChI=1S/C30H29NO5/c1-19(2)15-16-35-23-8-6-7-21(17-23)27-26-28(32)24-9-4-5-10-25(24)36-29(26)30(33)31(27)18-20-11-13-22(34-3)14-12-20/h4-14,17,19,27H,15-16,18H2,1-3H3. The fourth-order valence-corrected chi connectivity index (χ4v) is 4.59. The first-order valence-corrected chi connectivity index (χ1v) is 12.2. The number of fused-ring (bicyclic) bond motifs is 2. The van der Waals surface area contributed by atoms with E-state index in [4.69, 9.17) is 13.9 Å². The Hall–Kier alpha value is -4.06. The van der Waals surface area contributed by atoms with E-state index in [0.717, 1.165) is 23.3 Å². The lowest BCUT2D eigenvalue weighted by Gasteiger charge is -2.25. The number of ether oxygens (including phenoxy) is 2. The number of benzene rings is 3. The quantitative estimate of drug-likeness (QED) is 0.309. The molecule has 2 heterocycles. The molecule has 0 fully saturated rings. The van der Waals surface area contributed by atoms with Crippen LogP contribution in [0.25, 0.3) is 11.0 Å². The maximum absolute atomic E-state index is 13.7. The molecule has 0 saturated carbocycles. The van der Waals surface area contributed by atoms with Gasteiger partial charge in [0.1, 0.15) is 17.1 Å². The van der Waals surface area contributed by atoms with Crippen LogP contribution >= 0.6 is 0 Å².